The van der Waals surface area contributed by atoms with Gasteiger partial charge in [0.15, 0.2) is 5.65 Å². The minimum atomic E-state index is 0.530. The normalized spacial score (nSPS) is 23.1. The van der Waals surface area contributed by atoms with Gasteiger partial charge in [0.2, 0.25) is 5.95 Å². The molecule has 4 nitrogen and oxygen atoms in total. The fraction of sp³-hybridized carbons (Fsp3) is 0.571. The number of anilines is 1. The summed E-state index contributed by atoms with van der Waals surface area (Å²) in [5.74, 6) is 1.97. The zero-order valence-corrected chi connectivity index (χ0v) is 12.3. The molecule has 0 bridgehead atoms. The average Bonchev–Trinajstić information content (AvgIpc) is 2.96. The number of nitrogens with one attached hydrogen (secondary N) is 1. The van der Waals surface area contributed by atoms with Gasteiger partial charge in [-0.3, -0.25) is 0 Å². The molecule has 0 aliphatic heterocycles. The number of rotatable bonds is 4. The highest BCUT2D eigenvalue weighted by atomic mass is 32.2. The van der Waals surface area contributed by atoms with Crippen LogP contribution in [0.5, 0.6) is 0 Å². The highest BCUT2D eigenvalue weighted by Gasteiger charge is 2.25. The molecule has 2 unspecified atom stereocenters. The van der Waals surface area contributed by atoms with E-state index in [0.717, 1.165) is 16.8 Å². The summed E-state index contributed by atoms with van der Waals surface area (Å²) in [6, 6.07) is 4.64. The molecule has 102 valence electrons. The molecule has 0 spiro atoms. The molecule has 2 heterocycles. The number of hydrogen-bond donors (Lipinski definition) is 1. The van der Waals surface area contributed by atoms with E-state index in [0.29, 0.717) is 6.04 Å². The summed E-state index contributed by atoms with van der Waals surface area (Å²) in [7, 11) is 0. The molecule has 2 atom stereocenters. The second kappa shape index (κ2) is 5.41. The molecule has 1 saturated carbocycles. The van der Waals surface area contributed by atoms with Crippen molar-refractivity contribution in [3.63, 3.8) is 0 Å². The van der Waals surface area contributed by atoms with Crippen LogP contribution in [0.2, 0.25) is 0 Å². The molecule has 2 aromatic heterocycles. The summed E-state index contributed by atoms with van der Waals surface area (Å²) >= 11 is 2.07. The number of pyridine rings is 1. The second-order valence-corrected chi connectivity index (χ2v) is 6.75. The maximum absolute atomic E-state index is 4.54. The van der Waals surface area contributed by atoms with E-state index in [1.807, 2.05) is 10.7 Å². The van der Waals surface area contributed by atoms with Crippen molar-refractivity contribution in [2.24, 2.45) is 0 Å². The van der Waals surface area contributed by atoms with Gasteiger partial charge in [-0.15, -0.1) is 5.10 Å². The average molecular weight is 276 g/mol. The van der Waals surface area contributed by atoms with Gasteiger partial charge < -0.3 is 5.32 Å². The zero-order chi connectivity index (χ0) is 13.2. The van der Waals surface area contributed by atoms with Gasteiger partial charge in [0.1, 0.15) is 0 Å². The molecule has 19 heavy (non-hydrogen) atoms. The Hall–Kier alpha value is -1.23. The molecule has 0 amide bonds. The lowest BCUT2D eigenvalue weighted by molar-refractivity contribution is 0.744. The molecule has 0 aromatic carbocycles. The van der Waals surface area contributed by atoms with Crippen LogP contribution in [-0.4, -0.2) is 31.6 Å². The topological polar surface area (TPSA) is 42.2 Å². The Bertz CT molecular complexity index is 566. The maximum Gasteiger partial charge on any atom is 0.243 e. The first kappa shape index (κ1) is 12.8. The summed E-state index contributed by atoms with van der Waals surface area (Å²) in [5.41, 5.74) is 2.13. The highest BCUT2D eigenvalue weighted by molar-refractivity contribution is 7.99. The van der Waals surface area contributed by atoms with Crippen LogP contribution in [-0.2, 0) is 0 Å². The van der Waals surface area contributed by atoms with Crippen molar-refractivity contribution in [1.82, 2.24) is 14.6 Å². The molecule has 2 aromatic rings. The van der Waals surface area contributed by atoms with Crippen molar-refractivity contribution in [2.75, 3.05) is 11.1 Å². The van der Waals surface area contributed by atoms with Crippen LogP contribution in [0.4, 0.5) is 5.95 Å². The predicted molar refractivity (Wildman–Crippen MR) is 80.9 cm³/mol. The summed E-state index contributed by atoms with van der Waals surface area (Å²) in [6.07, 6.45) is 5.73. The van der Waals surface area contributed by atoms with Crippen LogP contribution in [0.15, 0.2) is 18.3 Å². The fourth-order valence-electron chi connectivity index (χ4n) is 2.69. The quantitative estimate of drug-likeness (QED) is 0.931. The van der Waals surface area contributed by atoms with Gasteiger partial charge in [-0.25, -0.2) is 4.52 Å². The van der Waals surface area contributed by atoms with E-state index >= 15 is 0 Å². The minimum absolute atomic E-state index is 0.530. The Morgan fingerprint density at radius 3 is 3.21 bits per heavy atom. The van der Waals surface area contributed by atoms with Crippen LogP contribution >= 0.6 is 11.8 Å². The lowest BCUT2D eigenvalue weighted by Crippen LogP contribution is -2.17. The van der Waals surface area contributed by atoms with Gasteiger partial charge in [-0.2, -0.15) is 16.7 Å². The first-order chi connectivity index (χ1) is 9.24. The van der Waals surface area contributed by atoms with Crippen LogP contribution in [0.1, 0.15) is 31.7 Å². The number of fused-ring (bicyclic) bond motifs is 1. The summed E-state index contributed by atoms with van der Waals surface area (Å²) < 4.78 is 1.84. The third-order valence-corrected chi connectivity index (χ3v) is 4.85. The third-order valence-electron chi connectivity index (χ3n) is 3.61. The molecule has 3 rings (SSSR count). The monoisotopic (exact) mass is 276 g/mol. The molecule has 0 radical (unpaired) electrons. The van der Waals surface area contributed by atoms with E-state index in [1.165, 1.54) is 30.6 Å². The summed E-state index contributed by atoms with van der Waals surface area (Å²) in [4.78, 5) is 4.54. The maximum atomic E-state index is 4.54. The van der Waals surface area contributed by atoms with E-state index < -0.39 is 0 Å². The van der Waals surface area contributed by atoms with Crippen LogP contribution in [0.3, 0.4) is 0 Å². The Balaban J connectivity index is 1.68. The van der Waals surface area contributed by atoms with Gasteiger partial charge >= 0.3 is 0 Å². The van der Waals surface area contributed by atoms with E-state index in [4.69, 9.17) is 0 Å². The Morgan fingerprint density at radius 2 is 2.37 bits per heavy atom. The van der Waals surface area contributed by atoms with Crippen molar-refractivity contribution in [3.05, 3.63) is 23.9 Å². The first-order valence-electron chi connectivity index (χ1n) is 6.96. The molecule has 1 aliphatic rings. The Kier molecular flexibility index (Phi) is 3.64. The van der Waals surface area contributed by atoms with Crippen molar-refractivity contribution in [1.29, 1.82) is 0 Å². The fourth-order valence-corrected chi connectivity index (χ4v) is 3.83. The first-order valence-corrected chi connectivity index (χ1v) is 8.00. The van der Waals surface area contributed by atoms with Crippen molar-refractivity contribution in [3.8, 4) is 0 Å². The Labute approximate surface area is 118 Å². The van der Waals surface area contributed by atoms with Crippen molar-refractivity contribution in [2.45, 2.75) is 44.4 Å². The molecule has 1 N–H and O–H groups in total. The second-order valence-electron chi connectivity index (χ2n) is 5.17. The third kappa shape index (κ3) is 2.86. The lowest BCUT2D eigenvalue weighted by atomic mass is 10.2. The van der Waals surface area contributed by atoms with E-state index in [2.05, 4.69) is 53.1 Å². The van der Waals surface area contributed by atoms with Crippen molar-refractivity contribution < 1.29 is 0 Å². The number of hydrogen-bond acceptors (Lipinski definition) is 4. The van der Waals surface area contributed by atoms with Crippen molar-refractivity contribution >= 4 is 23.4 Å². The molecular weight excluding hydrogens is 256 g/mol. The SMILES string of the molecule is CCSC1CCC(Nc2nc3cc(C)ccn3n2)C1. The predicted octanol–water partition coefficient (Wildman–Crippen LogP) is 3.12. The van der Waals surface area contributed by atoms with Gasteiger partial charge in [0.05, 0.1) is 0 Å². The van der Waals surface area contributed by atoms with Gasteiger partial charge in [-0.1, -0.05) is 6.92 Å². The van der Waals surface area contributed by atoms with E-state index in [-0.39, 0.29) is 0 Å². The lowest BCUT2D eigenvalue weighted by Gasteiger charge is -2.10. The number of thioether (sulfide) groups is 1. The van der Waals surface area contributed by atoms with Gasteiger partial charge in [-0.05, 0) is 49.6 Å². The Morgan fingerprint density at radius 1 is 1.47 bits per heavy atom. The van der Waals surface area contributed by atoms with Gasteiger partial charge in [0.25, 0.3) is 0 Å². The largest absolute Gasteiger partial charge is 0.350 e. The number of aryl methyl sites for hydroxylation is 1. The van der Waals surface area contributed by atoms with Crippen LogP contribution in [0.25, 0.3) is 5.65 Å². The summed E-state index contributed by atoms with van der Waals surface area (Å²) in [6.45, 7) is 4.31. The number of aromatic nitrogens is 3. The number of nitrogens with zero attached hydrogens (tertiary/aromatic N) is 3. The van der Waals surface area contributed by atoms with Crippen LogP contribution < -0.4 is 5.32 Å². The molecule has 1 fully saturated rings. The molecule has 5 heteroatoms. The highest BCUT2D eigenvalue weighted by Crippen LogP contribution is 2.31. The van der Waals surface area contributed by atoms with Crippen LogP contribution in [0, 0.1) is 6.92 Å². The zero-order valence-electron chi connectivity index (χ0n) is 11.5. The van der Waals surface area contributed by atoms with Gasteiger partial charge in [0, 0.05) is 17.5 Å². The standard InChI is InChI=1S/C14H20N4S/c1-3-19-12-5-4-11(9-12)15-14-16-13-8-10(2)6-7-18(13)17-14/h6-8,11-12H,3-5,9H2,1-2H3,(H,15,17). The van der Waals surface area contributed by atoms with E-state index in [1.54, 1.807) is 0 Å². The molecule has 1 aliphatic carbocycles. The molecular formula is C14H20N4S. The minimum Gasteiger partial charge on any atom is -0.350 e. The molecule has 0 saturated heterocycles. The summed E-state index contributed by atoms with van der Waals surface area (Å²) in [5, 5.41) is 8.76. The van der Waals surface area contributed by atoms with E-state index in [9.17, 15) is 0 Å². The smallest absolute Gasteiger partial charge is 0.243 e.